The molecule has 0 aliphatic carbocycles. The van der Waals surface area contributed by atoms with E-state index in [1.54, 1.807) is 0 Å². The number of sulfonamides is 1. The molecule has 0 heterocycles. The predicted octanol–water partition coefficient (Wildman–Crippen LogP) is 1.99. The Labute approximate surface area is 140 Å². The summed E-state index contributed by atoms with van der Waals surface area (Å²) < 4.78 is 26.6. The normalized spacial score (nSPS) is 12.2. The monoisotopic (exact) mass is 357 g/mol. The Balaban J connectivity index is 0.00000264. The van der Waals surface area contributed by atoms with Crippen molar-refractivity contribution in [3.8, 4) is 0 Å². The Bertz CT molecular complexity index is 751. The number of nitrogens with one attached hydrogen (secondary N) is 1. The number of benzene rings is 2. The van der Waals surface area contributed by atoms with E-state index in [0.29, 0.717) is 0 Å². The third kappa shape index (κ3) is 5.00. The Morgan fingerprint density at radius 3 is 2.17 bits per heavy atom. The molecule has 124 valence electrons. The Hall–Kier alpha value is -2.00. The van der Waals surface area contributed by atoms with Crippen molar-refractivity contribution in [2.75, 3.05) is 6.54 Å². The number of nitrogens with two attached hydrogens (primary N) is 1. The van der Waals surface area contributed by atoms with Gasteiger partial charge in [-0.3, -0.25) is 10.1 Å². The van der Waals surface area contributed by atoms with Gasteiger partial charge in [-0.1, -0.05) is 30.3 Å². The number of hydrogen-bond donors (Lipinski definition) is 2. The van der Waals surface area contributed by atoms with Crippen molar-refractivity contribution in [2.24, 2.45) is 5.73 Å². The number of nitrogens with zero attached hydrogens (tertiary/aromatic N) is 1. The summed E-state index contributed by atoms with van der Waals surface area (Å²) in [7, 11) is -3.76. The fraction of sp³-hybridized carbons (Fsp3) is 0.143. The summed E-state index contributed by atoms with van der Waals surface area (Å²) in [6.07, 6.45) is 0. The molecule has 0 aromatic heterocycles. The lowest BCUT2D eigenvalue weighted by atomic mass is 10.1. The van der Waals surface area contributed by atoms with Gasteiger partial charge in [-0.2, -0.15) is 0 Å². The van der Waals surface area contributed by atoms with E-state index in [0.717, 1.165) is 17.7 Å². The molecular weight excluding hydrogens is 342 g/mol. The molecule has 23 heavy (non-hydrogen) atoms. The second-order valence-electron chi connectivity index (χ2n) is 4.62. The topological polar surface area (TPSA) is 115 Å². The van der Waals surface area contributed by atoms with Gasteiger partial charge < -0.3 is 5.73 Å². The van der Waals surface area contributed by atoms with E-state index in [1.165, 1.54) is 12.1 Å². The van der Waals surface area contributed by atoms with Gasteiger partial charge in [0.25, 0.3) is 5.69 Å². The van der Waals surface area contributed by atoms with Crippen LogP contribution in [-0.2, 0) is 10.0 Å². The van der Waals surface area contributed by atoms with Crippen molar-refractivity contribution in [2.45, 2.75) is 10.9 Å². The second kappa shape index (κ2) is 8.02. The molecule has 0 aliphatic heterocycles. The summed E-state index contributed by atoms with van der Waals surface area (Å²) in [5.41, 5.74) is 6.57. The zero-order chi connectivity index (χ0) is 16.2. The summed E-state index contributed by atoms with van der Waals surface area (Å²) in [5, 5.41) is 10.6. The van der Waals surface area contributed by atoms with E-state index in [2.05, 4.69) is 4.72 Å². The van der Waals surface area contributed by atoms with Crippen molar-refractivity contribution in [3.05, 3.63) is 70.3 Å². The number of nitro benzene ring substituents is 1. The number of halogens is 1. The molecule has 1 atom stereocenters. The van der Waals surface area contributed by atoms with E-state index < -0.39 is 21.0 Å². The van der Waals surface area contributed by atoms with Crippen LogP contribution in [0.1, 0.15) is 11.6 Å². The summed E-state index contributed by atoms with van der Waals surface area (Å²) in [4.78, 5) is 9.93. The molecular formula is C14H16ClN3O4S. The minimum atomic E-state index is -3.76. The van der Waals surface area contributed by atoms with E-state index in [9.17, 15) is 18.5 Å². The van der Waals surface area contributed by atoms with Gasteiger partial charge >= 0.3 is 0 Å². The van der Waals surface area contributed by atoms with E-state index in [1.807, 2.05) is 30.3 Å². The lowest BCUT2D eigenvalue weighted by Crippen LogP contribution is -2.31. The van der Waals surface area contributed by atoms with E-state index in [4.69, 9.17) is 5.73 Å². The first-order chi connectivity index (χ1) is 10.4. The zero-order valence-corrected chi connectivity index (χ0v) is 13.6. The maximum absolute atomic E-state index is 12.1. The molecule has 2 aromatic carbocycles. The van der Waals surface area contributed by atoms with Gasteiger partial charge in [-0.15, -0.1) is 12.4 Å². The SMILES string of the molecule is Cl.NC(CNS(=O)(=O)c1ccc([N+](=O)[O-])cc1)c1ccccc1. The number of nitro groups is 1. The van der Waals surface area contributed by atoms with E-state index in [-0.39, 0.29) is 29.5 Å². The fourth-order valence-electron chi connectivity index (χ4n) is 1.85. The lowest BCUT2D eigenvalue weighted by molar-refractivity contribution is -0.384. The lowest BCUT2D eigenvalue weighted by Gasteiger charge is -2.13. The predicted molar refractivity (Wildman–Crippen MR) is 88.9 cm³/mol. The van der Waals surface area contributed by atoms with Crippen molar-refractivity contribution in [1.82, 2.24) is 4.72 Å². The maximum Gasteiger partial charge on any atom is 0.269 e. The van der Waals surface area contributed by atoms with Gasteiger partial charge in [-0.25, -0.2) is 13.1 Å². The molecule has 0 radical (unpaired) electrons. The molecule has 0 saturated carbocycles. The average Bonchev–Trinajstić information content (AvgIpc) is 2.53. The average molecular weight is 358 g/mol. The van der Waals surface area contributed by atoms with Crippen LogP contribution >= 0.6 is 12.4 Å². The highest BCUT2D eigenvalue weighted by Gasteiger charge is 2.17. The summed E-state index contributed by atoms with van der Waals surface area (Å²) in [5.74, 6) is 0. The molecule has 2 aromatic rings. The van der Waals surface area contributed by atoms with Gasteiger partial charge in [0.15, 0.2) is 0 Å². The molecule has 1 unspecified atom stereocenters. The van der Waals surface area contributed by atoms with Crippen LogP contribution in [0.2, 0.25) is 0 Å². The fourth-order valence-corrected chi connectivity index (χ4v) is 2.91. The molecule has 0 aliphatic rings. The number of rotatable bonds is 6. The van der Waals surface area contributed by atoms with Crippen LogP contribution in [0.15, 0.2) is 59.5 Å². The zero-order valence-electron chi connectivity index (χ0n) is 12.0. The summed E-state index contributed by atoms with van der Waals surface area (Å²) in [6.45, 7) is 0.0311. The quantitative estimate of drug-likeness (QED) is 0.606. The molecule has 0 saturated heterocycles. The van der Waals surface area contributed by atoms with Crippen molar-refractivity contribution < 1.29 is 13.3 Å². The van der Waals surface area contributed by atoms with E-state index >= 15 is 0 Å². The molecule has 9 heteroatoms. The summed E-state index contributed by atoms with van der Waals surface area (Å²) >= 11 is 0. The molecule has 7 nitrogen and oxygen atoms in total. The highest BCUT2D eigenvalue weighted by atomic mass is 35.5. The Morgan fingerprint density at radius 1 is 1.09 bits per heavy atom. The molecule has 3 N–H and O–H groups in total. The van der Waals surface area contributed by atoms with Crippen LogP contribution in [0.4, 0.5) is 5.69 Å². The Kier molecular flexibility index (Phi) is 6.64. The third-order valence-electron chi connectivity index (χ3n) is 3.08. The van der Waals surface area contributed by atoms with Gasteiger partial charge in [0.2, 0.25) is 10.0 Å². The molecule has 0 bridgehead atoms. The molecule has 2 rings (SSSR count). The van der Waals surface area contributed by atoms with Crippen LogP contribution in [0, 0.1) is 10.1 Å². The minimum absolute atomic E-state index is 0. The third-order valence-corrected chi connectivity index (χ3v) is 4.52. The largest absolute Gasteiger partial charge is 0.323 e. The van der Waals surface area contributed by atoms with Gasteiger partial charge in [0.05, 0.1) is 9.82 Å². The van der Waals surface area contributed by atoms with Crippen LogP contribution in [0.5, 0.6) is 0 Å². The maximum atomic E-state index is 12.1. The smallest absolute Gasteiger partial charge is 0.269 e. The van der Waals surface area contributed by atoms with Crippen LogP contribution in [0.25, 0.3) is 0 Å². The number of non-ortho nitro benzene ring substituents is 1. The molecule has 0 spiro atoms. The minimum Gasteiger partial charge on any atom is -0.323 e. The first-order valence-electron chi connectivity index (χ1n) is 6.45. The van der Waals surface area contributed by atoms with Crippen LogP contribution in [-0.4, -0.2) is 19.9 Å². The van der Waals surface area contributed by atoms with Crippen molar-refractivity contribution in [3.63, 3.8) is 0 Å². The Morgan fingerprint density at radius 2 is 1.65 bits per heavy atom. The first-order valence-corrected chi connectivity index (χ1v) is 7.93. The van der Waals surface area contributed by atoms with Crippen molar-refractivity contribution in [1.29, 1.82) is 0 Å². The second-order valence-corrected chi connectivity index (χ2v) is 6.39. The number of hydrogen-bond acceptors (Lipinski definition) is 5. The van der Waals surface area contributed by atoms with Gasteiger partial charge in [0.1, 0.15) is 0 Å². The van der Waals surface area contributed by atoms with Crippen LogP contribution < -0.4 is 10.5 Å². The highest BCUT2D eigenvalue weighted by molar-refractivity contribution is 7.89. The highest BCUT2D eigenvalue weighted by Crippen LogP contribution is 2.16. The van der Waals surface area contributed by atoms with Crippen LogP contribution in [0.3, 0.4) is 0 Å². The van der Waals surface area contributed by atoms with Gasteiger partial charge in [-0.05, 0) is 17.7 Å². The van der Waals surface area contributed by atoms with Crippen molar-refractivity contribution >= 4 is 28.1 Å². The molecule has 0 amide bonds. The molecule has 0 fully saturated rings. The standard InChI is InChI=1S/C14H15N3O4S.ClH/c15-14(11-4-2-1-3-5-11)10-16-22(20,21)13-8-6-12(7-9-13)17(18)19;/h1-9,14,16H,10,15H2;1H. The first kappa shape index (κ1) is 19.0. The van der Waals surface area contributed by atoms with Gasteiger partial charge in [0, 0.05) is 24.7 Å². The summed E-state index contributed by atoms with van der Waals surface area (Å²) in [6, 6.07) is 13.3.